The lowest BCUT2D eigenvalue weighted by Gasteiger charge is -2.38. The summed E-state index contributed by atoms with van der Waals surface area (Å²) in [7, 11) is -2.60. The molecule has 7 rings (SSSR count). The van der Waals surface area contributed by atoms with Crippen LogP contribution in [0.1, 0.15) is 53.9 Å². The summed E-state index contributed by atoms with van der Waals surface area (Å²) in [5.74, 6) is 0.793. The Morgan fingerprint density at radius 1 is 1.06 bits per heavy atom. The molecule has 0 radical (unpaired) electrons. The van der Waals surface area contributed by atoms with E-state index in [1.807, 2.05) is 57.2 Å². The molecule has 3 amide bonds. The van der Waals surface area contributed by atoms with Gasteiger partial charge in [0.1, 0.15) is 24.8 Å². The van der Waals surface area contributed by atoms with Gasteiger partial charge in [0.2, 0.25) is 15.9 Å². The van der Waals surface area contributed by atoms with Gasteiger partial charge < -0.3 is 15.0 Å². The van der Waals surface area contributed by atoms with Gasteiger partial charge in [-0.1, -0.05) is 47.7 Å². The van der Waals surface area contributed by atoms with Gasteiger partial charge in [0.05, 0.1) is 27.1 Å². The van der Waals surface area contributed by atoms with Crippen LogP contribution in [0.15, 0.2) is 65.6 Å². The zero-order chi connectivity index (χ0) is 36.0. The SMILES string of the molecule is CNS(=O)(=O)c1cc(-c2sc(Nc3cccc(N4C(=O)CN(C(=O)OCc5ccccc5)C[C@@H]4C)n3)nc2C)cc2c1C(=O)N([C@@H](C)C1CC1)C2. The van der Waals surface area contributed by atoms with E-state index < -0.39 is 16.1 Å². The molecular formula is C36H39N7O6S2. The van der Waals surface area contributed by atoms with Crippen LogP contribution in [0.5, 0.6) is 0 Å². The van der Waals surface area contributed by atoms with E-state index in [1.165, 1.54) is 23.3 Å². The number of rotatable bonds is 10. The zero-order valence-electron chi connectivity index (χ0n) is 28.8. The summed E-state index contributed by atoms with van der Waals surface area (Å²) in [6.07, 6.45) is 1.59. The van der Waals surface area contributed by atoms with Crippen LogP contribution in [0.3, 0.4) is 0 Å². The van der Waals surface area contributed by atoms with Crippen LogP contribution in [0.4, 0.5) is 21.6 Å². The summed E-state index contributed by atoms with van der Waals surface area (Å²) >= 11 is 1.34. The Morgan fingerprint density at radius 3 is 2.53 bits per heavy atom. The van der Waals surface area contributed by atoms with Crippen molar-refractivity contribution >= 4 is 56.0 Å². The lowest BCUT2D eigenvalue weighted by atomic mass is 10.0. The van der Waals surface area contributed by atoms with Crippen molar-refractivity contribution in [3.63, 3.8) is 0 Å². The van der Waals surface area contributed by atoms with Gasteiger partial charge in [0.15, 0.2) is 5.13 Å². The molecule has 1 saturated carbocycles. The first kappa shape index (κ1) is 34.6. The summed E-state index contributed by atoms with van der Waals surface area (Å²) in [4.78, 5) is 54.5. The van der Waals surface area contributed by atoms with E-state index in [9.17, 15) is 22.8 Å². The van der Waals surface area contributed by atoms with Crippen LogP contribution in [-0.4, -0.2) is 78.3 Å². The number of thiazole rings is 1. The number of aromatic nitrogens is 2. The first-order valence-electron chi connectivity index (χ1n) is 16.8. The van der Waals surface area contributed by atoms with Crippen molar-refractivity contribution in [2.75, 3.05) is 30.4 Å². The molecule has 2 aromatic heterocycles. The van der Waals surface area contributed by atoms with Crippen molar-refractivity contribution < 1.29 is 27.5 Å². The summed E-state index contributed by atoms with van der Waals surface area (Å²) in [5, 5.41) is 3.77. The van der Waals surface area contributed by atoms with Gasteiger partial charge in [-0.15, -0.1) is 0 Å². The van der Waals surface area contributed by atoms with Gasteiger partial charge in [-0.2, -0.15) is 0 Å². The fourth-order valence-corrected chi connectivity index (χ4v) is 8.71. The normalized spacial score (nSPS) is 18.2. The van der Waals surface area contributed by atoms with Gasteiger partial charge in [-0.3, -0.25) is 19.4 Å². The summed E-state index contributed by atoms with van der Waals surface area (Å²) in [5.41, 5.74) is 3.11. The maximum Gasteiger partial charge on any atom is 0.410 e. The first-order valence-corrected chi connectivity index (χ1v) is 19.1. The highest BCUT2D eigenvalue weighted by molar-refractivity contribution is 7.89. The Labute approximate surface area is 300 Å². The van der Waals surface area contributed by atoms with Crippen molar-refractivity contribution in [1.82, 2.24) is 24.5 Å². The predicted octanol–water partition coefficient (Wildman–Crippen LogP) is 5.29. The van der Waals surface area contributed by atoms with Crippen LogP contribution in [-0.2, 0) is 32.7 Å². The number of carbonyl (C=O) groups is 3. The molecule has 1 saturated heterocycles. The minimum atomic E-state index is -3.94. The number of fused-ring (bicyclic) bond motifs is 1. The first-order chi connectivity index (χ1) is 24.4. The molecule has 0 unspecified atom stereocenters. The fraction of sp³-hybridized carbons (Fsp3) is 0.361. The lowest BCUT2D eigenvalue weighted by Crippen LogP contribution is -2.57. The van der Waals surface area contributed by atoms with E-state index >= 15 is 0 Å². The number of hydrogen-bond acceptors (Lipinski definition) is 10. The Balaban J connectivity index is 1.08. The zero-order valence-corrected chi connectivity index (χ0v) is 30.4. The Bertz CT molecular complexity index is 2120. The van der Waals surface area contributed by atoms with Crippen molar-refractivity contribution in [3.8, 4) is 10.4 Å². The number of anilines is 3. The quantitative estimate of drug-likeness (QED) is 0.222. The molecule has 15 heteroatoms. The van der Waals surface area contributed by atoms with Gasteiger partial charge in [0.25, 0.3) is 5.91 Å². The maximum absolute atomic E-state index is 13.5. The third-order valence-corrected chi connectivity index (χ3v) is 12.2. The average Bonchev–Trinajstić information content (AvgIpc) is 3.83. The lowest BCUT2D eigenvalue weighted by molar-refractivity contribution is -0.121. The molecular weight excluding hydrogens is 691 g/mol. The van der Waals surface area contributed by atoms with Gasteiger partial charge >= 0.3 is 6.09 Å². The molecule has 266 valence electrons. The Hall–Kier alpha value is -4.86. The third kappa shape index (κ3) is 6.93. The van der Waals surface area contributed by atoms with Crippen molar-refractivity contribution in [1.29, 1.82) is 0 Å². The minimum absolute atomic E-state index is 0.0336. The van der Waals surface area contributed by atoms with Crippen LogP contribution in [0.25, 0.3) is 10.4 Å². The van der Waals surface area contributed by atoms with Gasteiger partial charge in [-0.25, -0.2) is 27.9 Å². The number of amides is 3. The minimum Gasteiger partial charge on any atom is -0.445 e. The molecule has 0 bridgehead atoms. The summed E-state index contributed by atoms with van der Waals surface area (Å²) in [6, 6.07) is 17.8. The molecule has 2 N–H and O–H groups in total. The number of benzene rings is 2. The number of ether oxygens (including phenoxy) is 1. The number of hydrogen-bond donors (Lipinski definition) is 2. The van der Waals surface area contributed by atoms with E-state index in [-0.39, 0.29) is 54.1 Å². The highest BCUT2D eigenvalue weighted by Gasteiger charge is 2.41. The monoisotopic (exact) mass is 729 g/mol. The van der Waals surface area contributed by atoms with Crippen molar-refractivity contribution in [2.24, 2.45) is 5.92 Å². The molecule has 13 nitrogen and oxygen atoms in total. The fourth-order valence-electron chi connectivity index (χ4n) is 6.76. The smallest absolute Gasteiger partial charge is 0.410 e. The van der Waals surface area contributed by atoms with Crippen molar-refractivity contribution in [2.45, 2.75) is 63.7 Å². The number of sulfonamides is 1. The molecule has 4 aromatic rings. The van der Waals surface area contributed by atoms with Crippen LogP contribution < -0.4 is 14.9 Å². The Kier molecular flexibility index (Phi) is 9.29. The molecule has 51 heavy (non-hydrogen) atoms. The average molecular weight is 730 g/mol. The number of pyridine rings is 1. The van der Waals surface area contributed by atoms with Crippen LogP contribution >= 0.6 is 11.3 Å². The van der Waals surface area contributed by atoms with E-state index in [2.05, 4.69) is 10.0 Å². The van der Waals surface area contributed by atoms with Gasteiger partial charge in [0, 0.05) is 19.1 Å². The largest absolute Gasteiger partial charge is 0.445 e. The molecule has 3 aliphatic rings. The Morgan fingerprint density at radius 2 is 1.82 bits per heavy atom. The molecule has 2 aromatic carbocycles. The van der Waals surface area contributed by atoms with E-state index in [4.69, 9.17) is 14.7 Å². The molecule has 4 heterocycles. The second kappa shape index (κ2) is 13.7. The second-order valence-corrected chi connectivity index (χ2v) is 16.1. The maximum atomic E-state index is 13.5. The van der Waals surface area contributed by atoms with E-state index in [0.29, 0.717) is 46.1 Å². The van der Waals surface area contributed by atoms with Crippen LogP contribution in [0.2, 0.25) is 0 Å². The number of nitrogens with zero attached hydrogens (tertiary/aromatic N) is 5. The molecule has 2 atom stereocenters. The topological polar surface area (TPSA) is 154 Å². The van der Waals surface area contributed by atoms with E-state index in [0.717, 1.165) is 23.3 Å². The molecule has 2 aliphatic heterocycles. The second-order valence-electron chi connectivity index (χ2n) is 13.2. The summed E-state index contributed by atoms with van der Waals surface area (Å²) < 4.78 is 34.3. The van der Waals surface area contributed by atoms with Crippen molar-refractivity contribution in [3.05, 3.63) is 83.0 Å². The molecule has 0 spiro atoms. The number of carbonyl (C=O) groups excluding carboxylic acids is 3. The highest BCUT2D eigenvalue weighted by Crippen LogP contribution is 2.42. The number of nitrogens with one attached hydrogen (secondary N) is 2. The third-order valence-electron chi connectivity index (χ3n) is 9.61. The molecule has 1 aliphatic carbocycles. The molecule has 2 fully saturated rings. The van der Waals surface area contributed by atoms with E-state index in [1.54, 1.807) is 34.1 Å². The standard InChI is InChI=1S/C36H39N7O6S2/c1-21-17-41(36(46)49-20-24-9-6-5-7-10-24)19-31(44)43(21)30-12-8-11-29(39-30)40-35-38-22(2)33(50-35)26-15-27-18-42(23(3)25-13-14-25)34(45)32(27)28(16-26)51(47,48)37-4/h5-12,15-16,21,23,25,37H,13-14,17-20H2,1-4H3,(H,38,39,40)/t21-,23-/m0/s1. The summed E-state index contributed by atoms with van der Waals surface area (Å²) in [6.45, 7) is 6.35. The number of piperazine rings is 1. The van der Waals surface area contributed by atoms with Crippen LogP contribution in [0, 0.1) is 12.8 Å². The predicted molar refractivity (Wildman–Crippen MR) is 193 cm³/mol. The number of aryl methyl sites for hydroxylation is 1. The van der Waals surface area contributed by atoms with Gasteiger partial charge in [-0.05, 0) is 87.5 Å². The highest BCUT2D eigenvalue weighted by atomic mass is 32.2.